The van der Waals surface area contributed by atoms with Crippen LogP contribution in [-0.2, 0) is 16.0 Å². The van der Waals surface area contributed by atoms with Crippen LogP contribution in [0.4, 0.5) is 0 Å². The molecule has 0 radical (unpaired) electrons. The highest BCUT2D eigenvalue weighted by Crippen LogP contribution is 2.13. The smallest absolute Gasteiger partial charge is 0.338 e. The van der Waals surface area contributed by atoms with E-state index in [9.17, 15) is 4.79 Å². The van der Waals surface area contributed by atoms with Gasteiger partial charge in [-0.3, -0.25) is 0 Å². The second-order valence-electron chi connectivity index (χ2n) is 4.49. The third-order valence-electron chi connectivity index (χ3n) is 3.10. The average molecular weight is 249 g/mol. The Bertz CT molecular complexity index is 383. The number of hydrogen-bond acceptors (Lipinski definition) is 4. The number of rotatable bonds is 4. The van der Waals surface area contributed by atoms with Crippen molar-refractivity contribution in [3.63, 3.8) is 0 Å². The van der Waals surface area contributed by atoms with E-state index in [1.54, 1.807) is 12.1 Å². The fourth-order valence-electron chi connectivity index (χ4n) is 1.97. The van der Waals surface area contributed by atoms with E-state index >= 15 is 0 Å². The molecule has 18 heavy (non-hydrogen) atoms. The molecule has 98 valence electrons. The van der Waals surface area contributed by atoms with Crippen molar-refractivity contribution < 1.29 is 14.3 Å². The van der Waals surface area contributed by atoms with Crippen LogP contribution < -0.4 is 5.73 Å². The number of carbonyl (C=O) groups excluding carboxylic acids is 1. The van der Waals surface area contributed by atoms with Gasteiger partial charge in [0.15, 0.2) is 0 Å². The van der Waals surface area contributed by atoms with E-state index in [4.69, 9.17) is 15.2 Å². The zero-order valence-corrected chi connectivity index (χ0v) is 10.4. The Morgan fingerprint density at radius 3 is 2.72 bits per heavy atom. The van der Waals surface area contributed by atoms with Crippen molar-refractivity contribution >= 4 is 5.97 Å². The topological polar surface area (TPSA) is 61.6 Å². The summed E-state index contributed by atoms with van der Waals surface area (Å²) in [6.07, 6.45) is 3.28. The third kappa shape index (κ3) is 3.55. The van der Waals surface area contributed by atoms with E-state index in [-0.39, 0.29) is 12.1 Å². The molecule has 0 aromatic heterocycles. The first kappa shape index (κ1) is 13.1. The van der Waals surface area contributed by atoms with Gasteiger partial charge in [-0.1, -0.05) is 12.1 Å². The van der Waals surface area contributed by atoms with Gasteiger partial charge in [0.1, 0.15) is 6.61 Å². The molecule has 0 bridgehead atoms. The second kappa shape index (κ2) is 6.52. The number of carbonyl (C=O) groups is 1. The van der Waals surface area contributed by atoms with Crippen LogP contribution in [0.2, 0.25) is 0 Å². The molecule has 1 aromatic rings. The van der Waals surface area contributed by atoms with Crippen LogP contribution in [0.5, 0.6) is 0 Å². The van der Waals surface area contributed by atoms with E-state index in [1.807, 2.05) is 12.1 Å². The predicted octanol–water partition coefficient (Wildman–Crippen LogP) is 1.87. The summed E-state index contributed by atoms with van der Waals surface area (Å²) in [6, 6.07) is 7.17. The molecule has 1 heterocycles. The minimum Gasteiger partial charge on any atom is -0.459 e. The van der Waals surface area contributed by atoms with Gasteiger partial charge in [-0.15, -0.1) is 0 Å². The summed E-state index contributed by atoms with van der Waals surface area (Å²) in [6.45, 7) is 1.59. The highest BCUT2D eigenvalue weighted by Gasteiger charge is 2.16. The highest BCUT2D eigenvalue weighted by atomic mass is 16.6. The summed E-state index contributed by atoms with van der Waals surface area (Å²) in [5.74, 6) is -0.298. The Balaban J connectivity index is 1.82. The van der Waals surface area contributed by atoms with Crippen LogP contribution in [0.3, 0.4) is 0 Å². The lowest BCUT2D eigenvalue weighted by atomic mass is 10.1. The first-order chi connectivity index (χ1) is 8.79. The second-order valence-corrected chi connectivity index (χ2v) is 4.49. The van der Waals surface area contributed by atoms with Crippen molar-refractivity contribution in [2.24, 2.45) is 5.73 Å². The van der Waals surface area contributed by atoms with Crippen molar-refractivity contribution in [1.82, 2.24) is 0 Å². The molecule has 4 nitrogen and oxygen atoms in total. The quantitative estimate of drug-likeness (QED) is 0.827. The van der Waals surface area contributed by atoms with Crippen LogP contribution >= 0.6 is 0 Å². The van der Waals surface area contributed by atoms with Gasteiger partial charge in [-0.2, -0.15) is 0 Å². The Morgan fingerprint density at radius 2 is 2.11 bits per heavy atom. The van der Waals surface area contributed by atoms with Gasteiger partial charge in [-0.25, -0.2) is 4.79 Å². The minimum absolute atomic E-state index is 0.0611. The first-order valence-electron chi connectivity index (χ1n) is 6.37. The van der Waals surface area contributed by atoms with Crippen molar-refractivity contribution in [3.8, 4) is 0 Å². The van der Waals surface area contributed by atoms with Gasteiger partial charge in [0, 0.05) is 13.2 Å². The zero-order chi connectivity index (χ0) is 12.8. The summed E-state index contributed by atoms with van der Waals surface area (Å²) < 4.78 is 10.8. The SMILES string of the molecule is NCc1ccc(C(=O)OCC2CCCCO2)cc1. The molecule has 0 saturated carbocycles. The fourth-order valence-corrected chi connectivity index (χ4v) is 1.97. The van der Waals surface area contributed by atoms with Crippen LogP contribution in [0.15, 0.2) is 24.3 Å². The monoisotopic (exact) mass is 249 g/mol. The fraction of sp³-hybridized carbons (Fsp3) is 0.500. The van der Waals surface area contributed by atoms with Gasteiger partial charge < -0.3 is 15.2 Å². The standard InChI is InChI=1S/C14H19NO3/c15-9-11-4-6-12(7-5-11)14(16)18-10-13-3-1-2-8-17-13/h4-7,13H,1-3,8-10,15H2. The molecule has 2 N–H and O–H groups in total. The molecule has 4 heteroatoms. The van der Waals surface area contributed by atoms with E-state index in [0.29, 0.717) is 18.7 Å². The molecule has 1 aliphatic heterocycles. The van der Waals surface area contributed by atoms with Crippen LogP contribution in [0.25, 0.3) is 0 Å². The third-order valence-corrected chi connectivity index (χ3v) is 3.10. The molecule has 1 unspecified atom stereocenters. The van der Waals surface area contributed by atoms with Crippen LogP contribution in [-0.4, -0.2) is 25.3 Å². The van der Waals surface area contributed by atoms with Gasteiger partial charge in [0.25, 0.3) is 0 Å². The number of esters is 1. The van der Waals surface area contributed by atoms with E-state index in [2.05, 4.69) is 0 Å². The average Bonchev–Trinajstić information content (AvgIpc) is 2.46. The van der Waals surface area contributed by atoms with Crippen molar-refractivity contribution in [2.45, 2.75) is 31.9 Å². The van der Waals surface area contributed by atoms with Gasteiger partial charge in [0.2, 0.25) is 0 Å². The lowest BCUT2D eigenvalue weighted by molar-refractivity contribution is -0.0300. The summed E-state index contributed by atoms with van der Waals surface area (Å²) in [4.78, 5) is 11.8. The number of nitrogens with two attached hydrogens (primary N) is 1. The van der Waals surface area contributed by atoms with E-state index < -0.39 is 0 Å². The largest absolute Gasteiger partial charge is 0.459 e. The summed E-state index contributed by atoms with van der Waals surface area (Å²) in [7, 11) is 0. The molecule has 1 aromatic carbocycles. The molecule has 0 aliphatic carbocycles. The Morgan fingerprint density at radius 1 is 1.33 bits per heavy atom. The molecular formula is C14H19NO3. The molecule has 1 atom stereocenters. The molecule has 2 rings (SSSR count). The summed E-state index contributed by atoms with van der Waals surface area (Å²) >= 11 is 0. The number of ether oxygens (including phenoxy) is 2. The van der Waals surface area contributed by atoms with Crippen molar-refractivity contribution in [3.05, 3.63) is 35.4 Å². The Labute approximate surface area is 107 Å². The minimum atomic E-state index is -0.298. The lowest BCUT2D eigenvalue weighted by Gasteiger charge is -2.22. The summed E-state index contributed by atoms with van der Waals surface area (Å²) in [5, 5.41) is 0. The number of hydrogen-bond donors (Lipinski definition) is 1. The Kier molecular flexibility index (Phi) is 4.73. The van der Waals surface area contributed by atoms with Crippen LogP contribution in [0.1, 0.15) is 35.2 Å². The van der Waals surface area contributed by atoms with Crippen LogP contribution in [0, 0.1) is 0 Å². The van der Waals surface area contributed by atoms with Gasteiger partial charge in [-0.05, 0) is 37.0 Å². The lowest BCUT2D eigenvalue weighted by Crippen LogP contribution is -2.25. The number of benzene rings is 1. The predicted molar refractivity (Wildman–Crippen MR) is 68.2 cm³/mol. The van der Waals surface area contributed by atoms with Crippen molar-refractivity contribution in [2.75, 3.05) is 13.2 Å². The van der Waals surface area contributed by atoms with Gasteiger partial charge >= 0.3 is 5.97 Å². The van der Waals surface area contributed by atoms with E-state index in [1.165, 1.54) is 0 Å². The molecule has 0 spiro atoms. The van der Waals surface area contributed by atoms with Gasteiger partial charge in [0.05, 0.1) is 11.7 Å². The molecular weight excluding hydrogens is 230 g/mol. The zero-order valence-electron chi connectivity index (χ0n) is 10.4. The van der Waals surface area contributed by atoms with Crippen molar-refractivity contribution in [1.29, 1.82) is 0 Å². The maximum absolute atomic E-state index is 11.8. The highest BCUT2D eigenvalue weighted by molar-refractivity contribution is 5.89. The Hall–Kier alpha value is -1.39. The normalized spacial score (nSPS) is 19.5. The molecule has 1 fully saturated rings. The van der Waals surface area contributed by atoms with E-state index in [0.717, 1.165) is 31.4 Å². The molecule has 1 aliphatic rings. The maximum atomic E-state index is 11.8. The molecule has 0 amide bonds. The summed E-state index contributed by atoms with van der Waals surface area (Å²) in [5.41, 5.74) is 7.06. The maximum Gasteiger partial charge on any atom is 0.338 e. The first-order valence-corrected chi connectivity index (χ1v) is 6.37. The molecule has 1 saturated heterocycles.